The van der Waals surface area contributed by atoms with E-state index in [0.29, 0.717) is 0 Å². The quantitative estimate of drug-likeness (QED) is 0.784. The molecule has 1 aliphatic rings. The topological polar surface area (TPSA) is 26.0 Å². The van der Waals surface area contributed by atoms with E-state index < -0.39 is 0 Å². The fourth-order valence-electron chi connectivity index (χ4n) is 2.47. The summed E-state index contributed by atoms with van der Waals surface area (Å²) in [6, 6.07) is 5.00. The van der Waals surface area contributed by atoms with Crippen molar-refractivity contribution in [3.63, 3.8) is 0 Å². The lowest BCUT2D eigenvalue weighted by Gasteiger charge is -2.18. The molecule has 1 unspecified atom stereocenters. The SMILES string of the molecule is Cc1cc(F)cc(C(N)CC2=CCCCC2)c1. The van der Waals surface area contributed by atoms with E-state index in [9.17, 15) is 4.39 Å². The van der Waals surface area contributed by atoms with Crippen LogP contribution in [0.3, 0.4) is 0 Å². The summed E-state index contributed by atoms with van der Waals surface area (Å²) in [7, 11) is 0. The van der Waals surface area contributed by atoms with Gasteiger partial charge in [0.05, 0.1) is 0 Å². The van der Waals surface area contributed by atoms with Crippen LogP contribution in [0.1, 0.15) is 49.3 Å². The fraction of sp³-hybridized carbons (Fsp3) is 0.467. The largest absolute Gasteiger partial charge is 0.324 e. The molecule has 17 heavy (non-hydrogen) atoms. The van der Waals surface area contributed by atoms with Gasteiger partial charge in [-0.05, 0) is 62.3 Å². The molecule has 0 spiro atoms. The molecule has 0 fully saturated rings. The molecule has 1 aliphatic carbocycles. The molecule has 0 aliphatic heterocycles. The molecular formula is C15H20FN. The lowest BCUT2D eigenvalue weighted by molar-refractivity contribution is 0.606. The van der Waals surface area contributed by atoms with Crippen molar-refractivity contribution in [2.45, 2.75) is 45.1 Å². The van der Waals surface area contributed by atoms with Gasteiger partial charge in [0.15, 0.2) is 0 Å². The van der Waals surface area contributed by atoms with Gasteiger partial charge in [0.2, 0.25) is 0 Å². The average molecular weight is 233 g/mol. The van der Waals surface area contributed by atoms with Crippen molar-refractivity contribution < 1.29 is 4.39 Å². The number of allylic oxidation sites excluding steroid dienone is 1. The highest BCUT2D eigenvalue weighted by Crippen LogP contribution is 2.26. The normalized spacial score (nSPS) is 17.7. The van der Waals surface area contributed by atoms with E-state index in [-0.39, 0.29) is 11.9 Å². The number of nitrogens with two attached hydrogens (primary N) is 1. The molecule has 92 valence electrons. The Morgan fingerprint density at radius 1 is 1.29 bits per heavy atom. The molecule has 0 amide bonds. The van der Waals surface area contributed by atoms with Crippen LogP contribution in [0.4, 0.5) is 4.39 Å². The van der Waals surface area contributed by atoms with Crippen molar-refractivity contribution in [1.29, 1.82) is 0 Å². The van der Waals surface area contributed by atoms with Crippen molar-refractivity contribution in [3.05, 3.63) is 46.8 Å². The number of halogens is 1. The summed E-state index contributed by atoms with van der Waals surface area (Å²) in [4.78, 5) is 0. The number of rotatable bonds is 3. The second-order valence-electron chi connectivity index (χ2n) is 4.98. The highest BCUT2D eigenvalue weighted by atomic mass is 19.1. The number of benzene rings is 1. The predicted octanol–water partition coefficient (Wildman–Crippen LogP) is 4.02. The standard InChI is InChI=1S/C15H20FN/c1-11-7-13(10-14(16)8-11)15(17)9-12-5-3-2-4-6-12/h5,7-8,10,15H,2-4,6,9,17H2,1H3. The van der Waals surface area contributed by atoms with E-state index in [1.165, 1.54) is 30.9 Å². The highest BCUT2D eigenvalue weighted by molar-refractivity contribution is 5.27. The zero-order valence-corrected chi connectivity index (χ0v) is 10.4. The molecule has 0 saturated carbocycles. The number of aryl methyl sites for hydroxylation is 1. The molecule has 2 rings (SSSR count). The molecule has 0 aromatic heterocycles. The molecule has 0 bridgehead atoms. The van der Waals surface area contributed by atoms with E-state index in [4.69, 9.17) is 5.73 Å². The van der Waals surface area contributed by atoms with Crippen molar-refractivity contribution >= 4 is 0 Å². The molecule has 1 nitrogen and oxygen atoms in total. The first-order chi connectivity index (χ1) is 8.15. The molecule has 1 aromatic carbocycles. The molecule has 2 N–H and O–H groups in total. The zero-order valence-electron chi connectivity index (χ0n) is 10.4. The second kappa shape index (κ2) is 5.46. The molecule has 0 heterocycles. The van der Waals surface area contributed by atoms with Gasteiger partial charge in [0.1, 0.15) is 5.82 Å². The van der Waals surface area contributed by atoms with Gasteiger partial charge in [-0.2, -0.15) is 0 Å². The van der Waals surface area contributed by atoms with E-state index >= 15 is 0 Å². The van der Waals surface area contributed by atoms with E-state index in [1.807, 2.05) is 13.0 Å². The van der Waals surface area contributed by atoms with Crippen LogP contribution in [0.5, 0.6) is 0 Å². The Morgan fingerprint density at radius 2 is 2.12 bits per heavy atom. The molecule has 2 heteroatoms. The van der Waals surface area contributed by atoms with Crippen LogP contribution >= 0.6 is 0 Å². The second-order valence-corrected chi connectivity index (χ2v) is 4.98. The average Bonchev–Trinajstić information content (AvgIpc) is 2.29. The van der Waals surface area contributed by atoms with Gasteiger partial charge in [0.25, 0.3) is 0 Å². The van der Waals surface area contributed by atoms with E-state index in [2.05, 4.69) is 6.08 Å². The minimum absolute atomic E-state index is 0.0752. The summed E-state index contributed by atoms with van der Waals surface area (Å²) in [5.41, 5.74) is 9.44. The first-order valence-corrected chi connectivity index (χ1v) is 6.36. The summed E-state index contributed by atoms with van der Waals surface area (Å²) in [6.07, 6.45) is 8.04. The predicted molar refractivity (Wildman–Crippen MR) is 69.2 cm³/mol. The maximum Gasteiger partial charge on any atom is 0.123 e. The third kappa shape index (κ3) is 3.40. The van der Waals surface area contributed by atoms with Crippen LogP contribution in [0, 0.1) is 12.7 Å². The van der Waals surface area contributed by atoms with Crippen LogP contribution in [-0.4, -0.2) is 0 Å². The van der Waals surface area contributed by atoms with Crippen LogP contribution in [0.15, 0.2) is 29.8 Å². The lowest BCUT2D eigenvalue weighted by atomic mass is 9.91. The summed E-state index contributed by atoms with van der Waals surface area (Å²) in [6.45, 7) is 1.90. The third-order valence-electron chi connectivity index (χ3n) is 3.36. The first kappa shape index (κ1) is 12.3. The van der Waals surface area contributed by atoms with Crippen molar-refractivity contribution in [2.24, 2.45) is 5.73 Å². The summed E-state index contributed by atoms with van der Waals surface area (Å²) < 4.78 is 13.3. The molecule has 1 atom stereocenters. The maximum atomic E-state index is 13.3. The van der Waals surface area contributed by atoms with Crippen molar-refractivity contribution in [3.8, 4) is 0 Å². The summed E-state index contributed by atoms with van der Waals surface area (Å²) in [5.74, 6) is -0.187. The van der Waals surface area contributed by atoms with Gasteiger partial charge in [-0.1, -0.05) is 17.7 Å². The van der Waals surface area contributed by atoms with Gasteiger partial charge in [0, 0.05) is 6.04 Å². The van der Waals surface area contributed by atoms with Crippen molar-refractivity contribution in [2.75, 3.05) is 0 Å². The number of hydrogen-bond acceptors (Lipinski definition) is 1. The zero-order chi connectivity index (χ0) is 12.3. The lowest BCUT2D eigenvalue weighted by Crippen LogP contribution is -2.12. The van der Waals surface area contributed by atoms with Gasteiger partial charge in [-0.25, -0.2) is 4.39 Å². The van der Waals surface area contributed by atoms with Crippen LogP contribution < -0.4 is 5.73 Å². The van der Waals surface area contributed by atoms with Gasteiger partial charge in [-0.3, -0.25) is 0 Å². The van der Waals surface area contributed by atoms with Crippen LogP contribution in [0.2, 0.25) is 0 Å². The molecular weight excluding hydrogens is 213 g/mol. The Balaban J connectivity index is 2.08. The number of hydrogen-bond donors (Lipinski definition) is 1. The van der Waals surface area contributed by atoms with Crippen LogP contribution in [0.25, 0.3) is 0 Å². The Morgan fingerprint density at radius 3 is 2.76 bits per heavy atom. The maximum absolute atomic E-state index is 13.3. The Bertz CT molecular complexity index is 403. The van der Waals surface area contributed by atoms with E-state index in [1.54, 1.807) is 6.07 Å². The van der Waals surface area contributed by atoms with Gasteiger partial charge >= 0.3 is 0 Å². The Labute approximate surface area is 103 Å². The van der Waals surface area contributed by atoms with Crippen LogP contribution in [-0.2, 0) is 0 Å². The molecule has 0 radical (unpaired) electrons. The van der Waals surface area contributed by atoms with Crippen molar-refractivity contribution in [1.82, 2.24) is 0 Å². The summed E-state index contributed by atoms with van der Waals surface area (Å²) in [5, 5.41) is 0. The monoisotopic (exact) mass is 233 g/mol. The third-order valence-corrected chi connectivity index (χ3v) is 3.36. The minimum Gasteiger partial charge on any atom is -0.324 e. The Kier molecular flexibility index (Phi) is 3.95. The van der Waals surface area contributed by atoms with Gasteiger partial charge in [-0.15, -0.1) is 0 Å². The smallest absolute Gasteiger partial charge is 0.123 e. The minimum atomic E-state index is -0.187. The van der Waals surface area contributed by atoms with Gasteiger partial charge < -0.3 is 5.73 Å². The highest BCUT2D eigenvalue weighted by Gasteiger charge is 2.12. The molecule has 1 aromatic rings. The van der Waals surface area contributed by atoms with E-state index in [0.717, 1.165) is 24.0 Å². The Hall–Kier alpha value is -1.15. The molecule has 0 saturated heterocycles. The first-order valence-electron chi connectivity index (χ1n) is 6.36. The summed E-state index contributed by atoms with van der Waals surface area (Å²) >= 11 is 0. The fourth-order valence-corrected chi connectivity index (χ4v) is 2.47.